The quantitative estimate of drug-likeness (QED) is 0.623. The van der Waals surface area contributed by atoms with Gasteiger partial charge in [-0.25, -0.2) is 13.8 Å². The molecule has 1 aliphatic rings. The summed E-state index contributed by atoms with van der Waals surface area (Å²) in [7, 11) is 0. The average Bonchev–Trinajstić information content (AvgIpc) is 3.14. The van der Waals surface area contributed by atoms with E-state index in [0.29, 0.717) is 17.5 Å². The van der Waals surface area contributed by atoms with E-state index in [9.17, 15) is 13.6 Å². The van der Waals surface area contributed by atoms with Gasteiger partial charge in [-0.15, -0.1) is 0 Å². The molecule has 0 amide bonds. The highest BCUT2D eigenvalue weighted by Gasteiger charge is 2.40. The van der Waals surface area contributed by atoms with E-state index in [2.05, 4.69) is 15.6 Å². The molecule has 4 rings (SSSR count). The second-order valence-electron chi connectivity index (χ2n) is 6.62. The van der Waals surface area contributed by atoms with Gasteiger partial charge in [0.2, 0.25) is 0 Å². The Balaban J connectivity index is 1.88. The maximum Gasteiger partial charge on any atom is 0.260 e. The first kappa shape index (κ1) is 15.7. The molecule has 0 bridgehead atoms. The number of fused-ring (bicyclic) bond motifs is 1. The third-order valence-corrected chi connectivity index (χ3v) is 5.70. The molecule has 2 N–H and O–H groups in total. The van der Waals surface area contributed by atoms with Crippen molar-refractivity contribution >= 4 is 39.8 Å². The van der Waals surface area contributed by atoms with Crippen LogP contribution in [0.2, 0.25) is 10.0 Å². The summed E-state index contributed by atoms with van der Waals surface area (Å²) < 4.78 is 52.6. The van der Waals surface area contributed by atoms with Gasteiger partial charge >= 0.3 is 0 Å². The standard InChI is InChI=1S/C19H16Cl2F2N4O/c1-27-9-25-14-7-13(23)15(6-10(14)18(27)28)26-19(4-5-24-8-19)16-12(22)3-2-11(20)17(16)21/h2-3,6-7,9,24,26H,4-5,8H2,1H3/i1D3. The molecule has 1 aromatic heterocycles. The van der Waals surface area contributed by atoms with E-state index in [1.807, 2.05) is 0 Å². The molecule has 0 spiro atoms. The molecule has 5 nitrogen and oxygen atoms in total. The predicted molar refractivity (Wildman–Crippen MR) is 106 cm³/mol. The Morgan fingerprint density at radius 1 is 1.32 bits per heavy atom. The fourth-order valence-electron chi connectivity index (χ4n) is 3.54. The number of anilines is 1. The van der Waals surface area contributed by atoms with Crippen LogP contribution in [0, 0.1) is 11.6 Å². The van der Waals surface area contributed by atoms with Crippen molar-refractivity contribution in [2.24, 2.45) is 6.98 Å². The third-order valence-electron chi connectivity index (χ3n) is 4.90. The van der Waals surface area contributed by atoms with Gasteiger partial charge in [0.05, 0.1) is 38.5 Å². The molecular formula is C19H16Cl2F2N4O. The maximum absolute atomic E-state index is 14.9. The van der Waals surface area contributed by atoms with Crippen LogP contribution in [0.15, 0.2) is 35.4 Å². The summed E-state index contributed by atoms with van der Waals surface area (Å²) in [5.74, 6) is -1.35. The number of rotatable bonds is 3. The van der Waals surface area contributed by atoms with Gasteiger partial charge in [-0.05, 0) is 31.2 Å². The Labute approximate surface area is 173 Å². The Bertz CT molecular complexity index is 1240. The molecule has 2 heterocycles. The second kappa shape index (κ2) is 6.99. The number of benzene rings is 2. The fourth-order valence-corrected chi connectivity index (χ4v) is 4.03. The molecule has 2 aromatic carbocycles. The van der Waals surface area contributed by atoms with Crippen molar-refractivity contribution in [2.75, 3.05) is 18.4 Å². The van der Waals surface area contributed by atoms with Crippen LogP contribution >= 0.6 is 23.2 Å². The Morgan fingerprint density at radius 2 is 2.14 bits per heavy atom. The van der Waals surface area contributed by atoms with Gasteiger partial charge < -0.3 is 15.2 Å². The lowest BCUT2D eigenvalue weighted by molar-refractivity contribution is 0.491. The van der Waals surface area contributed by atoms with Crippen molar-refractivity contribution in [3.63, 3.8) is 0 Å². The zero-order chi connectivity index (χ0) is 22.6. The van der Waals surface area contributed by atoms with Crippen LogP contribution in [0.5, 0.6) is 0 Å². The summed E-state index contributed by atoms with van der Waals surface area (Å²) in [5.41, 5.74) is -2.03. The van der Waals surface area contributed by atoms with Gasteiger partial charge in [0.25, 0.3) is 5.56 Å². The number of aromatic nitrogens is 2. The van der Waals surface area contributed by atoms with Crippen molar-refractivity contribution in [2.45, 2.75) is 12.0 Å². The molecule has 146 valence electrons. The number of hydrogen-bond acceptors (Lipinski definition) is 4. The lowest BCUT2D eigenvalue weighted by Gasteiger charge is -2.33. The average molecular weight is 428 g/mol. The molecule has 28 heavy (non-hydrogen) atoms. The van der Waals surface area contributed by atoms with Crippen LogP contribution in [0.3, 0.4) is 0 Å². The Morgan fingerprint density at radius 3 is 2.86 bits per heavy atom. The van der Waals surface area contributed by atoms with E-state index in [1.54, 1.807) is 0 Å². The first-order chi connectivity index (χ1) is 14.5. The molecule has 9 heteroatoms. The summed E-state index contributed by atoms with van der Waals surface area (Å²) in [4.78, 5) is 16.6. The monoisotopic (exact) mass is 427 g/mol. The van der Waals surface area contributed by atoms with Gasteiger partial charge in [-0.3, -0.25) is 4.79 Å². The topological polar surface area (TPSA) is 59.0 Å². The first-order valence-corrected chi connectivity index (χ1v) is 9.13. The van der Waals surface area contributed by atoms with E-state index in [0.717, 1.165) is 12.4 Å². The molecule has 0 radical (unpaired) electrons. The van der Waals surface area contributed by atoms with Crippen LogP contribution < -0.4 is 16.2 Å². The van der Waals surface area contributed by atoms with Crippen LogP contribution in [-0.2, 0) is 12.5 Å². The highest BCUT2D eigenvalue weighted by Crippen LogP contribution is 2.41. The summed E-state index contributed by atoms with van der Waals surface area (Å²) in [5, 5.41) is 6.14. The van der Waals surface area contributed by atoms with Crippen LogP contribution in [0.25, 0.3) is 10.9 Å². The highest BCUT2D eigenvalue weighted by atomic mass is 35.5. The molecule has 0 aliphatic carbocycles. The van der Waals surface area contributed by atoms with Gasteiger partial charge in [0.1, 0.15) is 11.6 Å². The molecule has 0 saturated carbocycles. The molecule has 1 atom stereocenters. The maximum atomic E-state index is 14.9. The van der Waals surface area contributed by atoms with E-state index in [1.165, 1.54) is 18.2 Å². The van der Waals surface area contributed by atoms with Gasteiger partial charge in [0, 0.05) is 29.3 Å². The number of halogens is 4. The van der Waals surface area contributed by atoms with E-state index in [-0.39, 0.29) is 38.7 Å². The number of nitrogens with zero attached hydrogens (tertiary/aromatic N) is 2. The van der Waals surface area contributed by atoms with Crippen molar-refractivity contribution < 1.29 is 12.9 Å². The summed E-state index contributed by atoms with van der Waals surface area (Å²) >= 11 is 12.4. The van der Waals surface area contributed by atoms with Crippen molar-refractivity contribution in [1.82, 2.24) is 14.9 Å². The normalized spacial score (nSPS) is 21.4. The van der Waals surface area contributed by atoms with Gasteiger partial charge in [-0.2, -0.15) is 0 Å². The SMILES string of the molecule is [2H]C([2H])([2H])n1cnc2cc(F)c(NC3(c4c(F)ccc(Cl)c4Cl)CCNC3)cc2c1=O. The minimum atomic E-state index is -2.74. The Hall–Kier alpha value is -2.22. The lowest BCUT2D eigenvalue weighted by atomic mass is 9.87. The zero-order valence-corrected chi connectivity index (χ0v) is 15.8. The fraction of sp³-hybridized carbons (Fsp3) is 0.263. The lowest BCUT2D eigenvalue weighted by Crippen LogP contribution is -2.39. The van der Waals surface area contributed by atoms with Crippen LogP contribution in [-0.4, -0.2) is 22.6 Å². The van der Waals surface area contributed by atoms with Crippen molar-refractivity contribution in [3.05, 3.63) is 68.2 Å². The number of nitrogens with one attached hydrogen (secondary N) is 2. The Kier molecular flexibility index (Phi) is 3.91. The molecule has 1 saturated heterocycles. The number of aryl methyl sites for hydroxylation is 1. The number of hydrogen-bond donors (Lipinski definition) is 2. The molecular weight excluding hydrogens is 409 g/mol. The summed E-state index contributed by atoms with van der Waals surface area (Å²) in [6, 6.07) is 4.72. The minimum absolute atomic E-state index is 0.000819. The van der Waals surface area contributed by atoms with Crippen LogP contribution in [0.4, 0.5) is 14.5 Å². The molecule has 3 aromatic rings. The zero-order valence-electron chi connectivity index (χ0n) is 17.3. The van der Waals surface area contributed by atoms with E-state index in [4.69, 9.17) is 27.3 Å². The van der Waals surface area contributed by atoms with E-state index < -0.39 is 29.7 Å². The minimum Gasteiger partial charge on any atom is -0.372 e. The second-order valence-corrected chi connectivity index (χ2v) is 7.41. The van der Waals surface area contributed by atoms with Crippen molar-refractivity contribution in [3.8, 4) is 0 Å². The van der Waals surface area contributed by atoms with Crippen LogP contribution in [0.1, 0.15) is 16.1 Å². The third kappa shape index (κ3) is 3.03. The highest BCUT2D eigenvalue weighted by molar-refractivity contribution is 6.42. The van der Waals surface area contributed by atoms with Gasteiger partial charge in [0.15, 0.2) is 0 Å². The predicted octanol–water partition coefficient (Wildman–Crippen LogP) is 3.82. The summed E-state index contributed by atoms with van der Waals surface area (Å²) in [6.07, 6.45) is 1.21. The summed E-state index contributed by atoms with van der Waals surface area (Å²) in [6.45, 7) is -2.03. The first-order valence-electron chi connectivity index (χ1n) is 9.88. The van der Waals surface area contributed by atoms with Crippen molar-refractivity contribution in [1.29, 1.82) is 0 Å². The van der Waals surface area contributed by atoms with Gasteiger partial charge in [-0.1, -0.05) is 23.2 Å². The van der Waals surface area contributed by atoms with E-state index >= 15 is 0 Å². The molecule has 1 unspecified atom stereocenters. The molecule has 1 fully saturated rings. The smallest absolute Gasteiger partial charge is 0.260 e. The largest absolute Gasteiger partial charge is 0.372 e. The molecule has 1 aliphatic heterocycles.